The van der Waals surface area contributed by atoms with Crippen molar-refractivity contribution in [3.63, 3.8) is 0 Å². The molecule has 1 aromatic carbocycles. The molecular formula is C13H17N3O. The van der Waals surface area contributed by atoms with Crippen molar-refractivity contribution in [1.82, 2.24) is 9.97 Å². The number of H-pyrrole nitrogens is 1. The van der Waals surface area contributed by atoms with Crippen molar-refractivity contribution >= 4 is 16.7 Å². The Morgan fingerprint density at radius 1 is 1.29 bits per heavy atom. The average molecular weight is 231 g/mol. The van der Waals surface area contributed by atoms with Gasteiger partial charge in [0.2, 0.25) is 0 Å². The van der Waals surface area contributed by atoms with Gasteiger partial charge < -0.3 is 14.6 Å². The summed E-state index contributed by atoms with van der Waals surface area (Å²) in [5.41, 5.74) is 3.34. The van der Waals surface area contributed by atoms with E-state index in [-0.39, 0.29) is 0 Å². The molecule has 1 aromatic heterocycles. The number of benzene rings is 1. The molecule has 4 heteroatoms. The van der Waals surface area contributed by atoms with E-state index in [4.69, 9.17) is 4.74 Å². The Bertz CT molecular complexity index is 512. The van der Waals surface area contributed by atoms with Gasteiger partial charge in [-0.15, -0.1) is 0 Å². The van der Waals surface area contributed by atoms with Crippen LogP contribution in [0, 0.1) is 0 Å². The molecule has 0 radical (unpaired) electrons. The number of rotatable bonds is 1. The van der Waals surface area contributed by atoms with E-state index in [1.54, 1.807) is 6.33 Å². The fourth-order valence-corrected chi connectivity index (χ4v) is 2.64. The minimum atomic E-state index is 0.390. The topological polar surface area (TPSA) is 41.1 Å². The highest BCUT2D eigenvalue weighted by Gasteiger charge is 2.27. The van der Waals surface area contributed by atoms with Gasteiger partial charge in [-0.2, -0.15) is 0 Å². The predicted molar refractivity (Wildman–Crippen MR) is 68.3 cm³/mol. The molecule has 0 spiro atoms. The van der Waals surface area contributed by atoms with Gasteiger partial charge >= 0.3 is 0 Å². The maximum absolute atomic E-state index is 5.57. The molecule has 90 valence electrons. The summed E-state index contributed by atoms with van der Waals surface area (Å²) >= 11 is 0. The molecule has 17 heavy (non-hydrogen) atoms. The van der Waals surface area contributed by atoms with Crippen molar-refractivity contribution < 1.29 is 4.74 Å². The van der Waals surface area contributed by atoms with Crippen LogP contribution in [0.3, 0.4) is 0 Å². The molecule has 1 N–H and O–H groups in total. The smallest absolute Gasteiger partial charge is 0.112 e. The summed E-state index contributed by atoms with van der Waals surface area (Å²) in [6.07, 6.45) is 1.75. The van der Waals surface area contributed by atoms with E-state index in [2.05, 4.69) is 46.9 Å². The standard InChI is InChI=1S/C13H17N3O/c1-9-6-17-7-10(2)16(9)12-5-3-4-11-13(12)15-8-14-11/h3-5,8-10H,6-7H2,1-2H3,(H,14,15)/t9-,10+. The Balaban J connectivity index is 2.10. The molecule has 1 aliphatic rings. The maximum atomic E-state index is 5.57. The van der Waals surface area contributed by atoms with Crippen molar-refractivity contribution in [3.8, 4) is 0 Å². The third-order valence-electron chi connectivity index (χ3n) is 3.37. The number of ether oxygens (including phenoxy) is 1. The van der Waals surface area contributed by atoms with Crippen LogP contribution in [0.15, 0.2) is 24.5 Å². The first-order chi connectivity index (χ1) is 8.27. The minimum Gasteiger partial charge on any atom is -0.377 e. The van der Waals surface area contributed by atoms with Crippen LogP contribution >= 0.6 is 0 Å². The van der Waals surface area contributed by atoms with Gasteiger partial charge in [0.15, 0.2) is 0 Å². The summed E-state index contributed by atoms with van der Waals surface area (Å²) in [4.78, 5) is 9.99. The highest BCUT2D eigenvalue weighted by atomic mass is 16.5. The second-order valence-corrected chi connectivity index (χ2v) is 4.72. The van der Waals surface area contributed by atoms with Crippen molar-refractivity contribution in [2.75, 3.05) is 18.1 Å². The molecule has 0 saturated carbocycles. The molecule has 4 nitrogen and oxygen atoms in total. The van der Waals surface area contributed by atoms with E-state index < -0.39 is 0 Å². The Morgan fingerprint density at radius 2 is 2.06 bits per heavy atom. The molecule has 2 aromatic rings. The molecule has 2 atom stereocenters. The number of aromatic amines is 1. The molecular weight excluding hydrogens is 214 g/mol. The molecule has 1 aliphatic heterocycles. The Hall–Kier alpha value is -1.55. The number of morpholine rings is 1. The molecule has 0 aliphatic carbocycles. The summed E-state index contributed by atoms with van der Waals surface area (Å²) in [6, 6.07) is 7.05. The van der Waals surface area contributed by atoms with Gasteiger partial charge in [-0.05, 0) is 26.0 Å². The van der Waals surface area contributed by atoms with Crippen LogP contribution in [0.25, 0.3) is 11.0 Å². The molecule has 1 saturated heterocycles. The highest BCUT2D eigenvalue weighted by Crippen LogP contribution is 2.29. The van der Waals surface area contributed by atoms with E-state index in [0.29, 0.717) is 12.1 Å². The summed E-state index contributed by atoms with van der Waals surface area (Å²) in [7, 11) is 0. The predicted octanol–water partition coefficient (Wildman–Crippen LogP) is 2.18. The van der Waals surface area contributed by atoms with Gasteiger partial charge in [0.05, 0.1) is 42.8 Å². The lowest BCUT2D eigenvalue weighted by molar-refractivity contribution is 0.0758. The van der Waals surface area contributed by atoms with Crippen LogP contribution in [0.1, 0.15) is 13.8 Å². The van der Waals surface area contributed by atoms with Crippen LogP contribution in [0.4, 0.5) is 5.69 Å². The van der Waals surface area contributed by atoms with Gasteiger partial charge in [0.1, 0.15) is 5.52 Å². The number of nitrogens with zero attached hydrogens (tertiary/aromatic N) is 2. The van der Waals surface area contributed by atoms with Crippen LogP contribution in [-0.4, -0.2) is 35.3 Å². The lowest BCUT2D eigenvalue weighted by Gasteiger charge is -2.40. The van der Waals surface area contributed by atoms with Gasteiger partial charge in [-0.1, -0.05) is 6.07 Å². The molecule has 0 unspecified atom stereocenters. The molecule has 1 fully saturated rings. The van der Waals surface area contributed by atoms with Gasteiger partial charge in [-0.3, -0.25) is 0 Å². The molecule has 0 bridgehead atoms. The molecule has 3 rings (SSSR count). The van der Waals surface area contributed by atoms with Crippen molar-refractivity contribution in [1.29, 1.82) is 0 Å². The van der Waals surface area contributed by atoms with E-state index in [9.17, 15) is 0 Å². The van der Waals surface area contributed by atoms with E-state index in [1.807, 2.05) is 0 Å². The first-order valence-electron chi connectivity index (χ1n) is 6.05. The Morgan fingerprint density at radius 3 is 2.82 bits per heavy atom. The zero-order chi connectivity index (χ0) is 11.8. The number of hydrogen-bond donors (Lipinski definition) is 1. The monoisotopic (exact) mass is 231 g/mol. The molecule has 0 amide bonds. The van der Waals surface area contributed by atoms with E-state index in [0.717, 1.165) is 24.2 Å². The first kappa shape index (κ1) is 10.6. The number of imidazole rings is 1. The number of anilines is 1. The lowest BCUT2D eigenvalue weighted by atomic mass is 10.1. The van der Waals surface area contributed by atoms with Crippen LogP contribution in [0.2, 0.25) is 0 Å². The lowest BCUT2D eigenvalue weighted by Crippen LogP contribution is -2.49. The summed E-state index contributed by atoms with van der Waals surface area (Å²) < 4.78 is 5.57. The number of fused-ring (bicyclic) bond motifs is 1. The number of hydrogen-bond acceptors (Lipinski definition) is 3. The summed E-state index contributed by atoms with van der Waals surface area (Å²) in [5.74, 6) is 0. The van der Waals surface area contributed by atoms with Crippen LogP contribution in [-0.2, 0) is 4.74 Å². The van der Waals surface area contributed by atoms with Gasteiger partial charge in [0.25, 0.3) is 0 Å². The van der Waals surface area contributed by atoms with Gasteiger partial charge in [-0.25, -0.2) is 4.98 Å². The zero-order valence-electron chi connectivity index (χ0n) is 10.2. The first-order valence-corrected chi connectivity index (χ1v) is 6.05. The summed E-state index contributed by atoms with van der Waals surface area (Å²) in [6.45, 7) is 5.96. The fourth-order valence-electron chi connectivity index (χ4n) is 2.64. The minimum absolute atomic E-state index is 0.390. The summed E-state index contributed by atoms with van der Waals surface area (Å²) in [5, 5.41) is 0. The molecule has 2 heterocycles. The van der Waals surface area contributed by atoms with E-state index in [1.165, 1.54) is 5.69 Å². The SMILES string of the molecule is C[C@@H]1COC[C@H](C)N1c1cccc2[nH]cnc12. The van der Waals surface area contributed by atoms with Crippen molar-refractivity contribution in [3.05, 3.63) is 24.5 Å². The fraction of sp³-hybridized carbons (Fsp3) is 0.462. The Labute approximate surface area is 101 Å². The highest BCUT2D eigenvalue weighted by molar-refractivity contribution is 5.88. The third kappa shape index (κ3) is 1.69. The number of nitrogens with one attached hydrogen (secondary N) is 1. The number of aromatic nitrogens is 2. The van der Waals surface area contributed by atoms with Crippen molar-refractivity contribution in [2.45, 2.75) is 25.9 Å². The number of para-hydroxylation sites is 1. The van der Waals surface area contributed by atoms with Crippen molar-refractivity contribution in [2.24, 2.45) is 0 Å². The third-order valence-corrected chi connectivity index (χ3v) is 3.37. The van der Waals surface area contributed by atoms with Crippen LogP contribution < -0.4 is 4.90 Å². The second kappa shape index (κ2) is 4.04. The Kier molecular flexibility index (Phi) is 2.52. The average Bonchev–Trinajstić information content (AvgIpc) is 2.77. The quantitative estimate of drug-likeness (QED) is 0.817. The zero-order valence-corrected chi connectivity index (χ0v) is 10.2. The second-order valence-electron chi connectivity index (χ2n) is 4.72. The van der Waals surface area contributed by atoms with E-state index >= 15 is 0 Å². The maximum Gasteiger partial charge on any atom is 0.112 e. The van der Waals surface area contributed by atoms with Gasteiger partial charge in [0, 0.05) is 0 Å². The largest absolute Gasteiger partial charge is 0.377 e. The van der Waals surface area contributed by atoms with Crippen LogP contribution in [0.5, 0.6) is 0 Å². The normalized spacial score (nSPS) is 25.4.